The Kier molecular flexibility index (Phi) is 4.16. The van der Waals surface area contributed by atoms with Crippen molar-refractivity contribution in [1.82, 2.24) is 5.32 Å². The van der Waals surface area contributed by atoms with Gasteiger partial charge in [0.2, 0.25) is 0 Å². The lowest BCUT2D eigenvalue weighted by atomic mass is 10.1. The van der Waals surface area contributed by atoms with Crippen molar-refractivity contribution in [1.29, 1.82) is 0 Å². The number of carbonyl (C=O) groups is 1. The maximum atomic E-state index is 11.7. The van der Waals surface area contributed by atoms with Gasteiger partial charge in [-0.25, -0.2) is 0 Å². The summed E-state index contributed by atoms with van der Waals surface area (Å²) in [6.07, 6.45) is 2.09. The van der Waals surface area contributed by atoms with Crippen LogP contribution in [0.1, 0.15) is 35.7 Å². The number of nitrogens with one attached hydrogen (secondary N) is 1. The first-order valence-electron chi connectivity index (χ1n) is 5.29. The second kappa shape index (κ2) is 5.39. The average molecular weight is 206 g/mol. The monoisotopic (exact) mass is 206 g/mol. The average Bonchev–Trinajstić information content (AvgIpc) is 2.16. The van der Waals surface area contributed by atoms with Gasteiger partial charge in [0, 0.05) is 17.8 Å². The van der Waals surface area contributed by atoms with Gasteiger partial charge in [-0.1, -0.05) is 13.3 Å². The normalized spacial score (nSPS) is 10.0. The number of hydrogen-bond acceptors (Lipinski definition) is 2. The topological polar surface area (TPSA) is 55.1 Å². The summed E-state index contributed by atoms with van der Waals surface area (Å²) in [4.78, 5) is 11.7. The zero-order valence-electron chi connectivity index (χ0n) is 9.34. The van der Waals surface area contributed by atoms with Crippen LogP contribution < -0.4 is 11.1 Å². The predicted octanol–water partition coefficient (Wildman–Crippen LogP) is 2.11. The van der Waals surface area contributed by atoms with Gasteiger partial charge < -0.3 is 11.1 Å². The van der Waals surface area contributed by atoms with Crippen molar-refractivity contribution in [2.24, 2.45) is 0 Å². The molecule has 0 saturated heterocycles. The Labute approximate surface area is 90.7 Å². The van der Waals surface area contributed by atoms with Gasteiger partial charge in [-0.2, -0.15) is 0 Å². The number of aryl methyl sites for hydroxylation is 1. The predicted molar refractivity (Wildman–Crippen MR) is 62.8 cm³/mol. The Bertz CT molecular complexity index is 327. The largest absolute Gasteiger partial charge is 0.399 e. The van der Waals surface area contributed by atoms with E-state index in [-0.39, 0.29) is 5.91 Å². The zero-order valence-corrected chi connectivity index (χ0v) is 9.34. The Morgan fingerprint density at radius 3 is 2.73 bits per heavy atom. The van der Waals surface area contributed by atoms with Crippen molar-refractivity contribution >= 4 is 11.6 Å². The Hall–Kier alpha value is -1.51. The van der Waals surface area contributed by atoms with Crippen molar-refractivity contribution in [2.45, 2.75) is 26.7 Å². The highest BCUT2D eigenvalue weighted by Crippen LogP contribution is 2.10. The fourth-order valence-electron chi connectivity index (χ4n) is 1.42. The Balaban J connectivity index is 2.65. The molecule has 0 spiro atoms. The van der Waals surface area contributed by atoms with E-state index in [1.54, 1.807) is 6.07 Å². The molecule has 0 saturated carbocycles. The molecule has 0 unspecified atom stereocenters. The molecule has 0 heterocycles. The van der Waals surface area contributed by atoms with Gasteiger partial charge in [-0.05, 0) is 37.1 Å². The molecule has 0 aliphatic heterocycles. The molecule has 0 radical (unpaired) electrons. The molecular weight excluding hydrogens is 188 g/mol. The summed E-state index contributed by atoms with van der Waals surface area (Å²) in [6.45, 7) is 4.75. The van der Waals surface area contributed by atoms with Gasteiger partial charge in [0.1, 0.15) is 0 Å². The maximum Gasteiger partial charge on any atom is 0.251 e. The van der Waals surface area contributed by atoms with E-state index in [1.165, 1.54) is 0 Å². The lowest BCUT2D eigenvalue weighted by molar-refractivity contribution is 0.0953. The van der Waals surface area contributed by atoms with E-state index in [1.807, 2.05) is 19.1 Å². The lowest BCUT2D eigenvalue weighted by Crippen LogP contribution is -2.24. The number of rotatable bonds is 4. The van der Waals surface area contributed by atoms with Gasteiger partial charge in [-0.3, -0.25) is 4.79 Å². The molecule has 0 bridgehead atoms. The van der Waals surface area contributed by atoms with Crippen LogP contribution in [0, 0.1) is 6.92 Å². The van der Waals surface area contributed by atoms with E-state index in [0.717, 1.165) is 24.9 Å². The standard InChI is InChI=1S/C12H18N2O/c1-3-4-5-14-12(15)10-6-9(2)7-11(13)8-10/h6-8H,3-5,13H2,1-2H3,(H,14,15). The number of amides is 1. The summed E-state index contributed by atoms with van der Waals surface area (Å²) >= 11 is 0. The number of carbonyl (C=O) groups excluding carboxylic acids is 1. The van der Waals surface area contributed by atoms with Crippen LogP contribution in [0.4, 0.5) is 5.69 Å². The van der Waals surface area contributed by atoms with Gasteiger partial charge in [0.25, 0.3) is 5.91 Å². The van der Waals surface area contributed by atoms with E-state index in [4.69, 9.17) is 5.73 Å². The fourth-order valence-corrected chi connectivity index (χ4v) is 1.42. The molecule has 0 fully saturated rings. The van der Waals surface area contributed by atoms with E-state index in [0.29, 0.717) is 11.3 Å². The molecule has 82 valence electrons. The number of benzene rings is 1. The molecule has 1 aromatic carbocycles. The van der Waals surface area contributed by atoms with Crippen molar-refractivity contribution in [2.75, 3.05) is 12.3 Å². The van der Waals surface area contributed by atoms with Gasteiger partial charge in [0.15, 0.2) is 0 Å². The van der Waals surface area contributed by atoms with Crippen LogP contribution >= 0.6 is 0 Å². The van der Waals surface area contributed by atoms with Crippen molar-refractivity contribution in [3.63, 3.8) is 0 Å². The molecule has 1 rings (SSSR count). The summed E-state index contributed by atoms with van der Waals surface area (Å²) in [5.74, 6) is -0.0427. The summed E-state index contributed by atoms with van der Waals surface area (Å²) < 4.78 is 0. The number of hydrogen-bond donors (Lipinski definition) is 2. The summed E-state index contributed by atoms with van der Waals surface area (Å²) in [7, 11) is 0. The first-order chi connectivity index (χ1) is 7.13. The summed E-state index contributed by atoms with van der Waals surface area (Å²) in [5.41, 5.74) is 7.96. The molecule has 0 aliphatic rings. The molecule has 1 amide bonds. The highest BCUT2D eigenvalue weighted by atomic mass is 16.1. The third kappa shape index (κ3) is 3.62. The molecule has 1 aromatic rings. The minimum absolute atomic E-state index is 0.0427. The SMILES string of the molecule is CCCCNC(=O)c1cc(C)cc(N)c1. The quantitative estimate of drug-likeness (QED) is 0.585. The third-order valence-electron chi connectivity index (χ3n) is 2.18. The molecule has 3 heteroatoms. The molecule has 3 N–H and O–H groups in total. The number of unbranched alkanes of at least 4 members (excludes halogenated alkanes) is 1. The minimum atomic E-state index is -0.0427. The van der Waals surface area contributed by atoms with Crippen LogP contribution in [0.25, 0.3) is 0 Å². The smallest absolute Gasteiger partial charge is 0.251 e. The Morgan fingerprint density at radius 1 is 1.40 bits per heavy atom. The molecule has 0 aromatic heterocycles. The summed E-state index contributed by atoms with van der Waals surface area (Å²) in [6, 6.07) is 5.40. The number of nitrogens with two attached hydrogens (primary N) is 1. The molecule has 0 aliphatic carbocycles. The highest BCUT2D eigenvalue weighted by molar-refractivity contribution is 5.95. The van der Waals surface area contributed by atoms with Crippen molar-refractivity contribution in [3.8, 4) is 0 Å². The van der Waals surface area contributed by atoms with E-state index < -0.39 is 0 Å². The first-order valence-corrected chi connectivity index (χ1v) is 5.29. The van der Waals surface area contributed by atoms with E-state index in [9.17, 15) is 4.79 Å². The molecule has 3 nitrogen and oxygen atoms in total. The van der Waals surface area contributed by atoms with E-state index in [2.05, 4.69) is 12.2 Å². The van der Waals surface area contributed by atoms with Crippen molar-refractivity contribution < 1.29 is 4.79 Å². The van der Waals surface area contributed by atoms with Gasteiger partial charge in [-0.15, -0.1) is 0 Å². The van der Waals surface area contributed by atoms with E-state index >= 15 is 0 Å². The molecular formula is C12H18N2O. The second-order valence-electron chi connectivity index (χ2n) is 3.74. The first kappa shape index (κ1) is 11.6. The number of anilines is 1. The Morgan fingerprint density at radius 2 is 2.13 bits per heavy atom. The fraction of sp³-hybridized carbons (Fsp3) is 0.417. The van der Waals surface area contributed by atoms with Crippen molar-refractivity contribution in [3.05, 3.63) is 29.3 Å². The molecule has 15 heavy (non-hydrogen) atoms. The minimum Gasteiger partial charge on any atom is -0.399 e. The maximum absolute atomic E-state index is 11.7. The molecule has 0 atom stereocenters. The summed E-state index contributed by atoms with van der Waals surface area (Å²) in [5, 5.41) is 2.86. The zero-order chi connectivity index (χ0) is 11.3. The highest BCUT2D eigenvalue weighted by Gasteiger charge is 2.05. The van der Waals surface area contributed by atoms with Gasteiger partial charge >= 0.3 is 0 Å². The van der Waals surface area contributed by atoms with Crippen LogP contribution in [0.5, 0.6) is 0 Å². The third-order valence-corrected chi connectivity index (χ3v) is 2.18. The van der Waals surface area contributed by atoms with Crippen LogP contribution in [-0.4, -0.2) is 12.5 Å². The van der Waals surface area contributed by atoms with Crippen LogP contribution in [0.2, 0.25) is 0 Å². The number of nitrogen functional groups attached to an aromatic ring is 1. The second-order valence-corrected chi connectivity index (χ2v) is 3.74. The van der Waals surface area contributed by atoms with Crippen LogP contribution in [0.3, 0.4) is 0 Å². The lowest BCUT2D eigenvalue weighted by Gasteiger charge is -2.06. The van der Waals surface area contributed by atoms with Crippen LogP contribution in [-0.2, 0) is 0 Å². The van der Waals surface area contributed by atoms with Crippen LogP contribution in [0.15, 0.2) is 18.2 Å². The van der Waals surface area contributed by atoms with Gasteiger partial charge in [0.05, 0.1) is 0 Å².